The highest BCUT2D eigenvalue weighted by atomic mass is 16.5. The van der Waals surface area contributed by atoms with Crippen LogP contribution in [0.25, 0.3) is 10.9 Å². The Morgan fingerprint density at radius 1 is 1.38 bits per heavy atom. The zero-order valence-electron chi connectivity index (χ0n) is 12.6. The summed E-state index contributed by atoms with van der Waals surface area (Å²) in [6, 6.07) is 9.42. The molecule has 2 aromatic rings. The van der Waals surface area contributed by atoms with E-state index < -0.39 is 0 Å². The van der Waals surface area contributed by atoms with Crippen LogP contribution in [0.1, 0.15) is 17.3 Å². The van der Waals surface area contributed by atoms with Gasteiger partial charge in [0.05, 0.1) is 17.7 Å². The SMILES string of the molecule is CNc1cc(C(=O)NCC(C)COC)c2ccccc2n1. The molecule has 21 heavy (non-hydrogen) atoms. The molecule has 0 aliphatic rings. The van der Waals surface area contributed by atoms with Crippen LogP contribution in [-0.2, 0) is 4.74 Å². The van der Waals surface area contributed by atoms with Crippen molar-refractivity contribution in [3.8, 4) is 0 Å². The first-order valence-corrected chi connectivity index (χ1v) is 7.00. The molecule has 112 valence electrons. The topological polar surface area (TPSA) is 63.2 Å². The average molecular weight is 287 g/mol. The lowest BCUT2D eigenvalue weighted by molar-refractivity contribution is 0.0935. The Bertz CT molecular complexity index is 628. The Morgan fingerprint density at radius 3 is 2.86 bits per heavy atom. The number of anilines is 1. The lowest BCUT2D eigenvalue weighted by Crippen LogP contribution is -2.30. The fraction of sp³-hybridized carbons (Fsp3) is 0.375. The van der Waals surface area contributed by atoms with Crippen molar-refractivity contribution in [3.05, 3.63) is 35.9 Å². The van der Waals surface area contributed by atoms with Gasteiger partial charge in [0.15, 0.2) is 0 Å². The fourth-order valence-corrected chi connectivity index (χ4v) is 2.20. The van der Waals surface area contributed by atoms with Gasteiger partial charge in [-0.15, -0.1) is 0 Å². The molecule has 0 bridgehead atoms. The number of nitrogens with zero attached hydrogens (tertiary/aromatic N) is 1. The maximum Gasteiger partial charge on any atom is 0.252 e. The third kappa shape index (κ3) is 3.70. The van der Waals surface area contributed by atoms with Gasteiger partial charge in [-0.25, -0.2) is 4.98 Å². The quantitative estimate of drug-likeness (QED) is 0.855. The van der Waals surface area contributed by atoms with Gasteiger partial charge in [0.1, 0.15) is 5.82 Å². The minimum atomic E-state index is -0.0898. The third-order valence-electron chi connectivity index (χ3n) is 3.28. The molecule has 0 saturated heterocycles. The van der Waals surface area contributed by atoms with Gasteiger partial charge in [0, 0.05) is 26.1 Å². The Morgan fingerprint density at radius 2 is 2.14 bits per heavy atom. The van der Waals surface area contributed by atoms with Gasteiger partial charge in [0.2, 0.25) is 0 Å². The molecule has 0 aliphatic heterocycles. The molecule has 1 heterocycles. The molecule has 5 heteroatoms. The second-order valence-corrected chi connectivity index (χ2v) is 5.09. The number of ether oxygens (including phenoxy) is 1. The van der Waals surface area contributed by atoms with Crippen LogP contribution in [0.4, 0.5) is 5.82 Å². The molecule has 5 nitrogen and oxygen atoms in total. The summed E-state index contributed by atoms with van der Waals surface area (Å²) < 4.78 is 5.08. The molecular weight excluding hydrogens is 266 g/mol. The summed E-state index contributed by atoms with van der Waals surface area (Å²) in [6.45, 7) is 3.24. The number of carbonyl (C=O) groups excluding carboxylic acids is 1. The van der Waals surface area contributed by atoms with E-state index in [4.69, 9.17) is 4.74 Å². The smallest absolute Gasteiger partial charge is 0.252 e. The number of aromatic nitrogens is 1. The van der Waals surface area contributed by atoms with Gasteiger partial charge in [-0.2, -0.15) is 0 Å². The third-order valence-corrected chi connectivity index (χ3v) is 3.28. The van der Waals surface area contributed by atoms with Crippen molar-refractivity contribution in [3.63, 3.8) is 0 Å². The first-order valence-electron chi connectivity index (χ1n) is 7.00. The lowest BCUT2D eigenvalue weighted by atomic mass is 10.1. The highest BCUT2D eigenvalue weighted by molar-refractivity contribution is 6.06. The number of hydrogen-bond donors (Lipinski definition) is 2. The predicted molar refractivity (Wildman–Crippen MR) is 84.7 cm³/mol. The molecule has 0 aliphatic carbocycles. The number of fused-ring (bicyclic) bond motifs is 1. The maximum absolute atomic E-state index is 12.4. The van der Waals surface area contributed by atoms with E-state index in [0.717, 1.165) is 10.9 Å². The number of nitrogens with one attached hydrogen (secondary N) is 2. The fourth-order valence-electron chi connectivity index (χ4n) is 2.20. The van der Waals surface area contributed by atoms with E-state index in [9.17, 15) is 4.79 Å². The number of para-hydroxylation sites is 1. The van der Waals surface area contributed by atoms with Crippen molar-refractivity contribution in [1.82, 2.24) is 10.3 Å². The van der Waals surface area contributed by atoms with Crippen molar-refractivity contribution in [1.29, 1.82) is 0 Å². The molecule has 1 unspecified atom stereocenters. The minimum Gasteiger partial charge on any atom is -0.384 e. The zero-order valence-corrected chi connectivity index (χ0v) is 12.6. The van der Waals surface area contributed by atoms with Crippen LogP contribution in [0, 0.1) is 5.92 Å². The van der Waals surface area contributed by atoms with Crippen LogP contribution in [0.5, 0.6) is 0 Å². The highest BCUT2D eigenvalue weighted by Gasteiger charge is 2.13. The van der Waals surface area contributed by atoms with Crippen molar-refractivity contribution < 1.29 is 9.53 Å². The number of methoxy groups -OCH3 is 1. The number of rotatable bonds is 6. The van der Waals surface area contributed by atoms with Gasteiger partial charge in [-0.1, -0.05) is 25.1 Å². The number of hydrogen-bond acceptors (Lipinski definition) is 4. The van der Waals surface area contributed by atoms with E-state index in [1.54, 1.807) is 20.2 Å². The molecule has 1 aromatic heterocycles. The second kappa shape index (κ2) is 7.04. The van der Waals surface area contributed by atoms with E-state index in [1.807, 2.05) is 31.2 Å². The van der Waals surface area contributed by atoms with Crippen molar-refractivity contribution in [2.75, 3.05) is 32.6 Å². The van der Waals surface area contributed by atoms with Crippen LogP contribution in [-0.4, -0.2) is 38.2 Å². The van der Waals surface area contributed by atoms with Gasteiger partial charge in [-0.3, -0.25) is 4.79 Å². The molecule has 0 fully saturated rings. The van der Waals surface area contributed by atoms with E-state index in [-0.39, 0.29) is 11.8 Å². The van der Waals surface area contributed by atoms with Crippen molar-refractivity contribution >= 4 is 22.6 Å². The summed E-state index contributed by atoms with van der Waals surface area (Å²) in [4.78, 5) is 16.9. The molecule has 0 spiro atoms. The largest absolute Gasteiger partial charge is 0.384 e. The van der Waals surface area contributed by atoms with Crippen LogP contribution >= 0.6 is 0 Å². The number of amides is 1. The van der Waals surface area contributed by atoms with Crippen LogP contribution in [0.2, 0.25) is 0 Å². The Hall–Kier alpha value is -2.14. The first kappa shape index (κ1) is 15.3. The normalized spacial score (nSPS) is 12.1. The monoisotopic (exact) mass is 287 g/mol. The van der Waals surface area contributed by atoms with Gasteiger partial charge in [0.25, 0.3) is 5.91 Å². The molecule has 0 radical (unpaired) electrons. The molecule has 0 saturated carbocycles. The van der Waals surface area contributed by atoms with E-state index in [0.29, 0.717) is 24.5 Å². The zero-order chi connectivity index (χ0) is 15.2. The summed E-state index contributed by atoms with van der Waals surface area (Å²) in [6.07, 6.45) is 0. The summed E-state index contributed by atoms with van der Waals surface area (Å²) >= 11 is 0. The Labute approximate surface area is 124 Å². The van der Waals surface area contributed by atoms with Gasteiger partial charge in [-0.05, 0) is 18.1 Å². The molecule has 1 amide bonds. The van der Waals surface area contributed by atoms with E-state index in [2.05, 4.69) is 15.6 Å². The van der Waals surface area contributed by atoms with Gasteiger partial charge < -0.3 is 15.4 Å². The van der Waals surface area contributed by atoms with Gasteiger partial charge >= 0.3 is 0 Å². The highest BCUT2D eigenvalue weighted by Crippen LogP contribution is 2.20. The number of carbonyl (C=O) groups is 1. The van der Waals surface area contributed by atoms with Crippen molar-refractivity contribution in [2.24, 2.45) is 5.92 Å². The second-order valence-electron chi connectivity index (χ2n) is 5.09. The van der Waals surface area contributed by atoms with Crippen molar-refractivity contribution in [2.45, 2.75) is 6.92 Å². The minimum absolute atomic E-state index is 0.0898. The molecule has 2 N–H and O–H groups in total. The van der Waals surface area contributed by atoms with Crippen LogP contribution in [0.15, 0.2) is 30.3 Å². The number of pyridine rings is 1. The predicted octanol–water partition coefficient (Wildman–Crippen LogP) is 2.29. The Kier molecular flexibility index (Phi) is 5.11. The summed E-state index contributed by atoms with van der Waals surface area (Å²) in [5.41, 5.74) is 1.44. The Balaban J connectivity index is 2.25. The molecule has 1 atom stereocenters. The summed E-state index contributed by atoms with van der Waals surface area (Å²) in [5, 5.41) is 6.80. The standard InChI is InChI=1S/C16H21N3O2/c1-11(10-21-3)9-18-16(20)13-8-15(17-2)19-14-7-5-4-6-12(13)14/h4-8,11H,9-10H2,1-3H3,(H,17,19)(H,18,20). The molecular formula is C16H21N3O2. The summed E-state index contributed by atoms with van der Waals surface area (Å²) in [7, 11) is 3.45. The molecule has 2 rings (SSSR count). The average Bonchev–Trinajstić information content (AvgIpc) is 2.51. The van der Waals surface area contributed by atoms with Crippen LogP contribution in [0.3, 0.4) is 0 Å². The van der Waals surface area contributed by atoms with E-state index >= 15 is 0 Å². The molecule has 1 aromatic carbocycles. The number of benzene rings is 1. The lowest BCUT2D eigenvalue weighted by Gasteiger charge is -2.13. The maximum atomic E-state index is 12.4. The first-order chi connectivity index (χ1) is 10.2. The summed E-state index contributed by atoms with van der Waals surface area (Å²) in [5.74, 6) is 0.868. The van der Waals surface area contributed by atoms with Crippen LogP contribution < -0.4 is 10.6 Å². The van der Waals surface area contributed by atoms with E-state index in [1.165, 1.54) is 0 Å².